The fourth-order valence-electron chi connectivity index (χ4n) is 3.64. The van der Waals surface area contributed by atoms with Crippen molar-refractivity contribution in [2.75, 3.05) is 30.4 Å². The first kappa shape index (κ1) is 17.3. The lowest BCUT2D eigenvalue weighted by Crippen LogP contribution is -2.31. The van der Waals surface area contributed by atoms with Crippen molar-refractivity contribution in [2.24, 2.45) is 0 Å². The Bertz CT molecular complexity index is 950. The second kappa shape index (κ2) is 7.66. The highest BCUT2D eigenvalue weighted by Crippen LogP contribution is 2.37. The maximum Gasteiger partial charge on any atom is 0.260 e. The summed E-state index contributed by atoms with van der Waals surface area (Å²) in [4.78, 5) is 20.3. The molecule has 1 N–H and O–H groups in total. The average molecular weight is 361 g/mol. The first-order chi connectivity index (χ1) is 13.3. The van der Waals surface area contributed by atoms with Crippen LogP contribution in [0.3, 0.4) is 0 Å². The molecular weight excluding hydrogens is 338 g/mol. The Balaban J connectivity index is 1.84. The molecule has 138 valence electrons. The molecule has 5 heteroatoms. The van der Waals surface area contributed by atoms with E-state index in [1.165, 1.54) is 6.42 Å². The van der Waals surface area contributed by atoms with Gasteiger partial charge < -0.3 is 15.0 Å². The number of nitrogens with zero attached hydrogens (tertiary/aromatic N) is 2. The lowest BCUT2D eigenvalue weighted by molar-refractivity contribution is 0.102. The summed E-state index contributed by atoms with van der Waals surface area (Å²) in [5.74, 6) is 1.12. The number of nitrogens with one attached hydrogen (secondary N) is 1. The summed E-state index contributed by atoms with van der Waals surface area (Å²) >= 11 is 0. The van der Waals surface area contributed by atoms with Crippen molar-refractivity contribution < 1.29 is 9.53 Å². The van der Waals surface area contributed by atoms with Crippen LogP contribution in [0, 0.1) is 0 Å². The SMILES string of the molecule is COc1c(N2CCCCC2)nc2ccccc2c1C(=O)Nc1ccccc1. The third-order valence-corrected chi connectivity index (χ3v) is 4.95. The van der Waals surface area contributed by atoms with Crippen LogP contribution in [-0.2, 0) is 0 Å². The van der Waals surface area contributed by atoms with Crippen LogP contribution in [0.4, 0.5) is 11.5 Å². The molecule has 27 heavy (non-hydrogen) atoms. The second-order valence-corrected chi connectivity index (χ2v) is 6.73. The number of piperidine rings is 1. The molecule has 1 aromatic heterocycles. The molecule has 0 bridgehead atoms. The van der Waals surface area contributed by atoms with Gasteiger partial charge in [-0.2, -0.15) is 0 Å². The van der Waals surface area contributed by atoms with Gasteiger partial charge in [-0.1, -0.05) is 36.4 Å². The Morgan fingerprint density at radius 2 is 1.70 bits per heavy atom. The Hall–Kier alpha value is -3.08. The van der Waals surface area contributed by atoms with Crippen molar-refractivity contribution in [3.05, 3.63) is 60.2 Å². The zero-order valence-corrected chi connectivity index (χ0v) is 15.4. The molecule has 1 fully saturated rings. The van der Waals surface area contributed by atoms with Crippen molar-refractivity contribution in [1.29, 1.82) is 0 Å². The number of benzene rings is 2. The molecule has 0 saturated carbocycles. The summed E-state index contributed by atoms with van der Waals surface area (Å²) < 4.78 is 5.73. The number of amides is 1. The summed E-state index contributed by atoms with van der Waals surface area (Å²) in [6.45, 7) is 1.86. The van der Waals surface area contributed by atoms with Crippen molar-refractivity contribution in [3.8, 4) is 5.75 Å². The molecule has 3 aromatic rings. The van der Waals surface area contributed by atoms with Crippen LogP contribution in [0.25, 0.3) is 10.9 Å². The van der Waals surface area contributed by atoms with Gasteiger partial charge in [0.1, 0.15) is 0 Å². The number of aromatic nitrogens is 1. The van der Waals surface area contributed by atoms with E-state index < -0.39 is 0 Å². The molecule has 2 heterocycles. The topological polar surface area (TPSA) is 54.5 Å². The van der Waals surface area contributed by atoms with E-state index >= 15 is 0 Å². The number of hydrogen-bond acceptors (Lipinski definition) is 4. The van der Waals surface area contributed by atoms with Gasteiger partial charge in [0.25, 0.3) is 5.91 Å². The fourth-order valence-corrected chi connectivity index (χ4v) is 3.64. The first-order valence-electron chi connectivity index (χ1n) is 9.36. The summed E-state index contributed by atoms with van der Waals surface area (Å²) in [6.07, 6.45) is 3.49. The number of rotatable bonds is 4. The van der Waals surface area contributed by atoms with Gasteiger partial charge in [-0.3, -0.25) is 4.79 Å². The third kappa shape index (κ3) is 3.45. The zero-order valence-electron chi connectivity index (χ0n) is 15.4. The highest BCUT2D eigenvalue weighted by Gasteiger charge is 2.25. The number of methoxy groups -OCH3 is 1. The zero-order chi connectivity index (χ0) is 18.6. The Labute approximate surface area is 159 Å². The predicted molar refractivity (Wildman–Crippen MR) is 109 cm³/mol. The molecule has 0 atom stereocenters. The van der Waals surface area contributed by atoms with E-state index in [1.807, 2.05) is 54.6 Å². The van der Waals surface area contributed by atoms with Gasteiger partial charge in [-0.05, 0) is 37.5 Å². The van der Waals surface area contributed by atoms with Gasteiger partial charge in [0.2, 0.25) is 0 Å². The molecule has 0 radical (unpaired) electrons. The van der Waals surface area contributed by atoms with E-state index in [-0.39, 0.29) is 5.91 Å². The molecule has 5 nitrogen and oxygen atoms in total. The van der Waals surface area contributed by atoms with Crippen LogP contribution in [0.1, 0.15) is 29.6 Å². The second-order valence-electron chi connectivity index (χ2n) is 6.73. The summed E-state index contributed by atoms with van der Waals surface area (Å²) in [5.41, 5.74) is 2.09. The Morgan fingerprint density at radius 3 is 2.44 bits per heavy atom. The number of anilines is 2. The molecule has 2 aromatic carbocycles. The average Bonchev–Trinajstić information content (AvgIpc) is 2.73. The smallest absolute Gasteiger partial charge is 0.260 e. The normalized spacial score (nSPS) is 14.2. The summed E-state index contributed by atoms with van der Waals surface area (Å²) in [6, 6.07) is 17.2. The van der Waals surface area contributed by atoms with Crippen LogP contribution >= 0.6 is 0 Å². The molecule has 0 unspecified atom stereocenters. The van der Waals surface area contributed by atoms with Gasteiger partial charge in [-0.25, -0.2) is 4.98 Å². The van der Waals surface area contributed by atoms with Crippen LogP contribution < -0.4 is 15.0 Å². The van der Waals surface area contributed by atoms with E-state index in [9.17, 15) is 4.79 Å². The Morgan fingerprint density at radius 1 is 1.00 bits per heavy atom. The standard InChI is InChI=1S/C22H23N3O2/c1-27-20-19(22(26)23-16-10-4-2-5-11-16)17-12-6-7-13-18(17)24-21(20)25-14-8-3-9-15-25/h2,4-7,10-13H,3,8-9,14-15H2,1H3,(H,23,26). The van der Waals surface area contributed by atoms with Gasteiger partial charge in [0, 0.05) is 24.2 Å². The van der Waals surface area contributed by atoms with E-state index in [4.69, 9.17) is 9.72 Å². The summed E-state index contributed by atoms with van der Waals surface area (Å²) in [5, 5.41) is 3.78. The minimum Gasteiger partial charge on any atom is -0.492 e. The minimum absolute atomic E-state index is 0.185. The van der Waals surface area contributed by atoms with Gasteiger partial charge >= 0.3 is 0 Å². The molecule has 0 spiro atoms. The lowest BCUT2D eigenvalue weighted by atomic mass is 10.0. The maximum absolute atomic E-state index is 13.2. The maximum atomic E-state index is 13.2. The predicted octanol–water partition coefficient (Wildman–Crippen LogP) is 4.49. The minimum atomic E-state index is -0.185. The van der Waals surface area contributed by atoms with Gasteiger partial charge in [-0.15, -0.1) is 0 Å². The number of pyridine rings is 1. The number of fused-ring (bicyclic) bond motifs is 1. The lowest BCUT2D eigenvalue weighted by Gasteiger charge is -2.30. The van der Waals surface area contributed by atoms with E-state index in [0.717, 1.165) is 48.3 Å². The molecule has 1 amide bonds. The van der Waals surface area contributed by atoms with Crippen molar-refractivity contribution >= 4 is 28.3 Å². The van der Waals surface area contributed by atoms with Crippen LogP contribution in [-0.4, -0.2) is 31.1 Å². The van der Waals surface area contributed by atoms with Crippen LogP contribution in [0.5, 0.6) is 5.75 Å². The van der Waals surface area contributed by atoms with Gasteiger partial charge in [0.05, 0.1) is 18.2 Å². The van der Waals surface area contributed by atoms with Gasteiger partial charge in [0.15, 0.2) is 11.6 Å². The quantitative estimate of drug-likeness (QED) is 0.744. The third-order valence-electron chi connectivity index (χ3n) is 4.95. The highest BCUT2D eigenvalue weighted by atomic mass is 16.5. The highest BCUT2D eigenvalue weighted by molar-refractivity contribution is 6.15. The number of carbonyl (C=O) groups is 1. The number of hydrogen-bond donors (Lipinski definition) is 1. The van der Waals surface area contributed by atoms with Crippen molar-refractivity contribution in [2.45, 2.75) is 19.3 Å². The number of ether oxygens (including phenoxy) is 1. The molecule has 1 saturated heterocycles. The largest absolute Gasteiger partial charge is 0.492 e. The number of carbonyl (C=O) groups excluding carboxylic acids is 1. The van der Waals surface area contributed by atoms with E-state index in [1.54, 1.807) is 7.11 Å². The monoisotopic (exact) mass is 361 g/mol. The Kier molecular flexibility index (Phi) is 4.92. The molecular formula is C22H23N3O2. The molecule has 1 aliphatic heterocycles. The molecule has 1 aliphatic rings. The van der Waals surface area contributed by atoms with Crippen LogP contribution in [0.2, 0.25) is 0 Å². The van der Waals surface area contributed by atoms with Crippen molar-refractivity contribution in [1.82, 2.24) is 4.98 Å². The molecule has 4 rings (SSSR count). The first-order valence-corrected chi connectivity index (χ1v) is 9.36. The van der Waals surface area contributed by atoms with Crippen LogP contribution in [0.15, 0.2) is 54.6 Å². The fraction of sp³-hybridized carbons (Fsp3) is 0.273. The van der Waals surface area contributed by atoms with E-state index in [0.29, 0.717) is 11.3 Å². The number of para-hydroxylation sites is 2. The molecule has 0 aliphatic carbocycles. The van der Waals surface area contributed by atoms with Crippen molar-refractivity contribution in [3.63, 3.8) is 0 Å². The van der Waals surface area contributed by atoms with E-state index in [2.05, 4.69) is 10.2 Å². The summed E-state index contributed by atoms with van der Waals surface area (Å²) in [7, 11) is 1.61.